The van der Waals surface area contributed by atoms with Gasteiger partial charge < -0.3 is 10.2 Å². The Morgan fingerprint density at radius 1 is 1.25 bits per heavy atom. The number of hydrogen-bond acceptors (Lipinski definition) is 2. The Balaban J connectivity index is 1.84. The molecule has 0 bridgehead atoms. The topological polar surface area (TPSA) is 32.3 Å². The monoisotopic (exact) mass is 274 g/mol. The van der Waals surface area contributed by atoms with E-state index in [1.54, 1.807) is 0 Å². The van der Waals surface area contributed by atoms with Crippen LogP contribution in [0.15, 0.2) is 30.3 Å². The van der Waals surface area contributed by atoms with Gasteiger partial charge in [-0.3, -0.25) is 4.79 Å². The van der Waals surface area contributed by atoms with E-state index < -0.39 is 0 Å². The van der Waals surface area contributed by atoms with Gasteiger partial charge in [-0.1, -0.05) is 43.2 Å². The van der Waals surface area contributed by atoms with Crippen LogP contribution in [-0.4, -0.2) is 31.4 Å². The van der Waals surface area contributed by atoms with Gasteiger partial charge in [0, 0.05) is 13.0 Å². The third kappa shape index (κ3) is 4.34. The van der Waals surface area contributed by atoms with Crippen molar-refractivity contribution in [3.8, 4) is 0 Å². The van der Waals surface area contributed by atoms with E-state index in [9.17, 15) is 4.79 Å². The predicted octanol–water partition coefficient (Wildman–Crippen LogP) is 2.99. The van der Waals surface area contributed by atoms with Gasteiger partial charge in [-0.2, -0.15) is 0 Å². The smallest absolute Gasteiger partial charge is 0.220 e. The van der Waals surface area contributed by atoms with Crippen LogP contribution in [0.5, 0.6) is 0 Å². The molecular formula is C17H26N2O. The molecule has 20 heavy (non-hydrogen) atoms. The van der Waals surface area contributed by atoms with Gasteiger partial charge in [-0.25, -0.2) is 0 Å². The van der Waals surface area contributed by atoms with Crippen molar-refractivity contribution in [1.29, 1.82) is 0 Å². The van der Waals surface area contributed by atoms with Gasteiger partial charge in [0.1, 0.15) is 0 Å². The van der Waals surface area contributed by atoms with Gasteiger partial charge in [-0.15, -0.1) is 0 Å². The molecule has 0 spiro atoms. The van der Waals surface area contributed by atoms with Gasteiger partial charge >= 0.3 is 0 Å². The quantitative estimate of drug-likeness (QED) is 0.865. The number of nitrogens with one attached hydrogen (secondary N) is 1. The first kappa shape index (κ1) is 15.0. The number of likely N-dealkylation sites (N-methyl/N-ethyl adjacent to an activating group) is 1. The van der Waals surface area contributed by atoms with Gasteiger partial charge in [0.05, 0.1) is 6.04 Å². The van der Waals surface area contributed by atoms with Gasteiger partial charge in [0.25, 0.3) is 0 Å². The van der Waals surface area contributed by atoms with E-state index in [0.717, 1.165) is 0 Å². The summed E-state index contributed by atoms with van der Waals surface area (Å²) in [6, 6.07) is 10.6. The number of carbonyl (C=O) groups is 1. The van der Waals surface area contributed by atoms with Crippen molar-refractivity contribution in [1.82, 2.24) is 10.2 Å². The highest BCUT2D eigenvalue weighted by molar-refractivity contribution is 5.76. The van der Waals surface area contributed by atoms with Crippen molar-refractivity contribution in [3.05, 3.63) is 35.9 Å². The molecule has 1 aromatic carbocycles. The molecular weight excluding hydrogens is 248 g/mol. The highest BCUT2D eigenvalue weighted by atomic mass is 16.1. The number of rotatable bonds is 6. The number of carbonyl (C=O) groups excluding carboxylic acids is 1. The molecule has 1 saturated carbocycles. The molecule has 1 N–H and O–H groups in total. The van der Waals surface area contributed by atoms with E-state index in [0.29, 0.717) is 18.9 Å². The Kier molecular flexibility index (Phi) is 5.60. The molecule has 3 nitrogen and oxygen atoms in total. The van der Waals surface area contributed by atoms with Crippen LogP contribution in [0.1, 0.15) is 43.7 Å². The van der Waals surface area contributed by atoms with E-state index >= 15 is 0 Å². The van der Waals surface area contributed by atoms with Crippen LogP contribution in [0.2, 0.25) is 0 Å². The Bertz CT molecular complexity index is 410. The van der Waals surface area contributed by atoms with Crippen molar-refractivity contribution in [3.63, 3.8) is 0 Å². The number of nitrogens with zero attached hydrogens (tertiary/aromatic N) is 1. The summed E-state index contributed by atoms with van der Waals surface area (Å²) in [6.07, 6.45) is 5.74. The first-order chi connectivity index (χ1) is 9.66. The fraction of sp³-hybridized carbons (Fsp3) is 0.588. The highest BCUT2D eigenvalue weighted by Gasteiger charge is 2.20. The molecule has 0 aliphatic heterocycles. The second-order valence-electron chi connectivity index (χ2n) is 6.05. The van der Waals surface area contributed by atoms with Gasteiger partial charge in [0.15, 0.2) is 0 Å². The number of benzene rings is 1. The highest BCUT2D eigenvalue weighted by Crippen LogP contribution is 2.27. The third-order valence-corrected chi connectivity index (χ3v) is 4.25. The van der Waals surface area contributed by atoms with Crippen LogP contribution in [-0.2, 0) is 4.79 Å². The van der Waals surface area contributed by atoms with E-state index in [4.69, 9.17) is 0 Å². The maximum Gasteiger partial charge on any atom is 0.220 e. The lowest BCUT2D eigenvalue weighted by molar-refractivity contribution is -0.122. The zero-order valence-corrected chi connectivity index (χ0v) is 12.6. The second-order valence-corrected chi connectivity index (χ2v) is 6.05. The lowest BCUT2D eigenvalue weighted by atomic mass is 10.0. The molecule has 0 aromatic heterocycles. The minimum atomic E-state index is 0.208. The lowest BCUT2D eigenvalue weighted by Crippen LogP contribution is -2.35. The fourth-order valence-corrected chi connectivity index (χ4v) is 3.03. The molecule has 2 rings (SSSR count). The lowest BCUT2D eigenvalue weighted by Gasteiger charge is -2.25. The minimum absolute atomic E-state index is 0.208. The summed E-state index contributed by atoms with van der Waals surface area (Å²) < 4.78 is 0. The summed E-state index contributed by atoms with van der Waals surface area (Å²) in [7, 11) is 4.11. The summed E-state index contributed by atoms with van der Waals surface area (Å²) >= 11 is 0. The largest absolute Gasteiger partial charge is 0.354 e. The Hall–Kier alpha value is -1.35. The average molecular weight is 274 g/mol. The fourth-order valence-electron chi connectivity index (χ4n) is 3.03. The maximum absolute atomic E-state index is 12.0. The molecule has 0 heterocycles. The van der Waals surface area contributed by atoms with Crippen LogP contribution >= 0.6 is 0 Å². The first-order valence-electron chi connectivity index (χ1n) is 7.65. The van der Waals surface area contributed by atoms with Gasteiger partial charge in [0.2, 0.25) is 5.91 Å². The van der Waals surface area contributed by atoms with Crippen LogP contribution in [0, 0.1) is 5.92 Å². The van der Waals surface area contributed by atoms with Crippen LogP contribution < -0.4 is 5.32 Å². The van der Waals surface area contributed by atoms with E-state index in [2.05, 4.69) is 36.4 Å². The SMILES string of the molecule is CN(C)C(CNC(=O)CC1CCCC1)c1ccccc1. The van der Waals surface area contributed by atoms with Crippen LogP contribution in [0.25, 0.3) is 0 Å². The Labute approximate surface area is 122 Å². The summed E-state index contributed by atoms with van der Waals surface area (Å²) in [5.41, 5.74) is 1.25. The summed E-state index contributed by atoms with van der Waals surface area (Å²) in [5.74, 6) is 0.823. The van der Waals surface area contributed by atoms with Crippen molar-refractivity contribution in [2.45, 2.75) is 38.1 Å². The van der Waals surface area contributed by atoms with E-state index in [-0.39, 0.29) is 11.9 Å². The first-order valence-corrected chi connectivity index (χ1v) is 7.65. The normalized spacial score (nSPS) is 17.4. The van der Waals surface area contributed by atoms with Crippen molar-refractivity contribution < 1.29 is 4.79 Å². The average Bonchev–Trinajstić information content (AvgIpc) is 2.92. The predicted molar refractivity (Wildman–Crippen MR) is 82.5 cm³/mol. The Morgan fingerprint density at radius 3 is 2.50 bits per heavy atom. The summed E-state index contributed by atoms with van der Waals surface area (Å²) in [5, 5.41) is 3.11. The molecule has 3 heteroatoms. The molecule has 110 valence electrons. The molecule has 0 saturated heterocycles. The molecule has 1 aromatic rings. The van der Waals surface area contributed by atoms with Gasteiger partial charge in [-0.05, 0) is 38.4 Å². The zero-order valence-electron chi connectivity index (χ0n) is 12.6. The molecule has 0 radical (unpaired) electrons. The van der Waals surface area contributed by atoms with Crippen molar-refractivity contribution in [2.75, 3.05) is 20.6 Å². The standard InChI is InChI=1S/C17H26N2O/c1-19(2)16(15-10-4-3-5-11-15)13-18-17(20)12-14-8-6-7-9-14/h3-5,10-11,14,16H,6-9,12-13H2,1-2H3,(H,18,20). The number of hydrogen-bond donors (Lipinski definition) is 1. The summed E-state index contributed by atoms with van der Waals surface area (Å²) in [4.78, 5) is 14.2. The molecule has 1 amide bonds. The third-order valence-electron chi connectivity index (χ3n) is 4.25. The minimum Gasteiger partial charge on any atom is -0.354 e. The molecule has 1 atom stereocenters. The van der Waals surface area contributed by atoms with Crippen molar-refractivity contribution in [2.24, 2.45) is 5.92 Å². The zero-order chi connectivity index (χ0) is 14.4. The van der Waals surface area contributed by atoms with E-state index in [1.807, 2.05) is 18.2 Å². The Morgan fingerprint density at radius 2 is 1.90 bits per heavy atom. The van der Waals surface area contributed by atoms with Crippen LogP contribution in [0.3, 0.4) is 0 Å². The molecule has 1 aliphatic carbocycles. The second kappa shape index (κ2) is 7.44. The van der Waals surface area contributed by atoms with E-state index in [1.165, 1.54) is 31.2 Å². The molecule has 1 fully saturated rings. The van der Waals surface area contributed by atoms with Crippen LogP contribution in [0.4, 0.5) is 0 Å². The molecule has 1 aliphatic rings. The maximum atomic E-state index is 12.0. The number of amides is 1. The van der Waals surface area contributed by atoms with Crippen molar-refractivity contribution >= 4 is 5.91 Å². The summed E-state index contributed by atoms with van der Waals surface area (Å²) in [6.45, 7) is 0.683. The molecule has 1 unspecified atom stereocenters.